The molecule has 2 aromatic heterocycles. The smallest absolute Gasteiger partial charge is 0.231 e. The number of carbonyl (C=O) groups excluding carboxylic acids is 2. The molecule has 1 N–H and O–H groups in total. The van der Waals surface area contributed by atoms with Gasteiger partial charge < -0.3 is 9.88 Å². The number of aryl methyl sites for hydroxylation is 2. The van der Waals surface area contributed by atoms with Crippen LogP contribution in [0.25, 0.3) is 0 Å². The molecule has 142 valence electrons. The maximum absolute atomic E-state index is 12.7. The van der Waals surface area contributed by atoms with Gasteiger partial charge in [-0.25, -0.2) is 0 Å². The number of nitrogens with one attached hydrogen (secondary N) is 1. The zero-order valence-corrected chi connectivity index (χ0v) is 16.1. The van der Waals surface area contributed by atoms with Crippen molar-refractivity contribution in [3.8, 4) is 6.07 Å². The van der Waals surface area contributed by atoms with Crippen LogP contribution in [0.1, 0.15) is 32.9 Å². The third-order valence-electron chi connectivity index (χ3n) is 4.55. The maximum Gasteiger partial charge on any atom is 0.231 e. The Labute approximate surface area is 163 Å². The number of amides is 1. The van der Waals surface area contributed by atoms with E-state index < -0.39 is 0 Å². The summed E-state index contributed by atoms with van der Waals surface area (Å²) < 4.78 is 3.22. The van der Waals surface area contributed by atoms with Gasteiger partial charge >= 0.3 is 0 Å². The van der Waals surface area contributed by atoms with E-state index in [1.165, 1.54) is 4.68 Å². The zero-order valence-electron chi connectivity index (χ0n) is 16.1. The van der Waals surface area contributed by atoms with E-state index in [1.54, 1.807) is 42.1 Å². The van der Waals surface area contributed by atoms with Gasteiger partial charge in [-0.3, -0.25) is 14.3 Å². The average molecular weight is 375 g/mol. The van der Waals surface area contributed by atoms with Crippen LogP contribution in [0, 0.1) is 25.2 Å². The summed E-state index contributed by atoms with van der Waals surface area (Å²) in [4.78, 5) is 25.1. The number of hydrogen-bond donors (Lipinski definition) is 1. The van der Waals surface area contributed by atoms with E-state index in [1.807, 2.05) is 32.0 Å². The monoisotopic (exact) mass is 375 g/mol. The lowest BCUT2D eigenvalue weighted by molar-refractivity contribution is -0.115. The number of aromatic nitrogens is 3. The first-order valence-corrected chi connectivity index (χ1v) is 8.86. The lowest BCUT2D eigenvalue weighted by Crippen LogP contribution is -2.18. The molecular formula is C21H21N5O2. The van der Waals surface area contributed by atoms with Crippen molar-refractivity contribution in [2.45, 2.75) is 26.8 Å². The Hall–Kier alpha value is -3.66. The summed E-state index contributed by atoms with van der Waals surface area (Å²) >= 11 is 0. The first-order valence-electron chi connectivity index (χ1n) is 8.86. The van der Waals surface area contributed by atoms with Crippen molar-refractivity contribution < 1.29 is 9.59 Å². The standard InChI is InChI=1S/C21H21N5O2/c1-14-4-6-16(7-5-14)20(28)18-9-8-17(25(18)3)12-19(27)23-21-15(2)13-26(24-21)11-10-22/h4-9,13H,11-12H2,1-3H3,(H,23,24,27). The molecule has 7 heteroatoms. The van der Waals surface area contributed by atoms with E-state index >= 15 is 0 Å². The average Bonchev–Trinajstić information content (AvgIpc) is 3.18. The molecule has 0 aliphatic heterocycles. The van der Waals surface area contributed by atoms with Gasteiger partial charge in [-0.15, -0.1) is 0 Å². The van der Waals surface area contributed by atoms with Crippen molar-refractivity contribution in [3.63, 3.8) is 0 Å². The summed E-state index contributed by atoms with van der Waals surface area (Å²) in [5, 5.41) is 15.7. The molecule has 0 radical (unpaired) electrons. The number of nitrogens with zero attached hydrogens (tertiary/aromatic N) is 4. The SMILES string of the molecule is Cc1ccc(C(=O)c2ccc(CC(=O)Nc3nn(CC#N)cc3C)n2C)cc1. The van der Waals surface area contributed by atoms with Gasteiger partial charge in [-0.2, -0.15) is 10.4 Å². The highest BCUT2D eigenvalue weighted by atomic mass is 16.1. The van der Waals surface area contributed by atoms with Crippen LogP contribution in [0.15, 0.2) is 42.6 Å². The Kier molecular flexibility index (Phi) is 5.41. The first kappa shape index (κ1) is 19.1. The molecule has 0 unspecified atom stereocenters. The van der Waals surface area contributed by atoms with Gasteiger partial charge in [-0.1, -0.05) is 29.8 Å². The molecule has 3 rings (SSSR count). The Balaban J connectivity index is 1.72. The molecule has 0 atom stereocenters. The quantitative estimate of drug-likeness (QED) is 0.671. The normalized spacial score (nSPS) is 10.5. The van der Waals surface area contributed by atoms with E-state index in [0.29, 0.717) is 17.1 Å². The molecule has 7 nitrogen and oxygen atoms in total. The number of benzene rings is 1. The summed E-state index contributed by atoms with van der Waals surface area (Å²) in [7, 11) is 1.77. The van der Waals surface area contributed by atoms with Gasteiger partial charge in [0.15, 0.2) is 5.82 Å². The summed E-state index contributed by atoms with van der Waals surface area (Å²) in [6, 6.07) is 12.9. The Bertz CT molecular complexity index is 1070. The Morgan fingerprint density at radius 1 is 1.14 bits per heavy atom. The van der Waals surface area contributed by atoms with Gasteiger partial charge in [0.2, 0.25) is 11.7 Å². The van der Waals surface area contributed by atoms with Gasteiger partial charge in [-0.05, 0) is 26.0 Å². The van der Waals surface area contributed by atoms with Crippen LogP contribution >= 0.6 is 0 Å². The predicted molar refractivity (Wildman–Crippen MR) is 105 cm³/mol. The second-order valence-electron chi connectivity index (χ2n) is 6.71. The van der Waals surface area contributed by atoms with Gasteiger partial charge in [0.1, 0.15) is 6.54 Å². The molecule has 3 aromatic rings. The third-order valence-corrected chi connectivity index (χ3v) is 4.55. The van der Waals surface area contributed by atoms with E-state index in [2.05, 4.69) is 10.4 Å². The second-order valence-corrected chi connectivity index (χ2v) is 6.71. The maximum atomic E-state index is 12.7. The summed E-state index contributed by atoms with van der Waals surface area (Å²) in [5.41, 5.74) is 3.74. The highest BCUT2D eigenvalue weighted by Crippen LogP contribution is 2.16. The third kappa shape index (κ3) is 4.01. The minimum atomic E-state index is -0.235. The summed E-state index contributed by atoms with van der Waals surface area (Å²) in [6.45, 7) is 3.91. The topological polar surface area (TPSA) is 92.7 Å². The van der Waals surface area contributed by atoms with Crippen LogP contribution < -0.4 is 5.32 Å². The lowest BCUT2D eigenvalue weighted by atomic mass is 10.1. The molecule has 0 bridgehead atoms. The molecule has 2 heterocycles. The van der Waals surface area contributed by atoms with Crippen molar-refractivity contribution in [1.29, 1.82) is 5.26 Å². The Morgan fingerprint density at radius 3 is 2.54 bits per heavy atom. The van der Waals surface area contributed by atoms with Crippen LogP contribution in [-0.4, -0.2) is 26.0 Å². The van der Waals surface area contributed by atoms with Crippen LogP contribution in [0.2, 0.25) is 0 Å². The fourth-order valence-corrected chi connectivity index (χ4v) is 2.95. The number of rotatable bonds is 6. The number of hydrogen-bond acceptors (Lipinski definition) is 4. The minimum absolute atomic E-state index is 0.0831. The molecule has 28 heavy (non-hydrogen) atoms. The summed E-state index contributed by atoms with van der Waals surface area (Å²) in [5.74, 6) is 0.117. The second kappa shape index (κ2) is 7.92. The van der Waals surface area contributed by atoms with Crippen molar-refractivity contribution in [2.75, 3.05) is 5.32 Å². The number of carbonyl (C=O) groups is 2. The number of nitriles is 1. The van der Waals surface area contributed by atoms with E-state index in [9.17, 15) is 9.59 Å². The molecule has 1 aromatic carbocycles. The fraction of sp³-hybridized carbons (Fsp3) is 0.238. The number of anilines is 1. The molecule has 0 saturated carbocycles. The van der Waals surface area contributed by atoms with E-state index in [4.69, 9.17) is 5.26 Å². The van der Waals surface area contributed by atoms with Gasteiger partial charge in [0.25, 0.3) is 0 Å². The molecule has 0 fully saturated rings. The van der Waals surface area contributed by atoms with Crippen molar-refractivity contribution in [1.82, 2.24) is 14.3 Å². The van der Waals surface area contributed by atoms with Crippen LogP contribution in [0.3, 0.4) is 0 Å². The minimum Gasteiger partial charge on any atom is -0.344 e. The molecule has 0 aliphatic carbocycles. The number of ketones is 1. The van der Waals surface area contributed by atoms with Crippen LogP contribution in [0.4, 0.5) is 5.82 Å². The van der Waals surface area contributed by atoms with Crippen LogP contribution in [0.5, 0.6) is 0 Å². The summed E-state index contributed by atoms with van der Waals surface area (Å²) in [6.07, 6.45) is 1.82. The first-order chi connectivity index (χ1) is 13.4. The van der Waals surface area contributed by atoms with Crippen LogP contribution in [-0.2, 0) is 24.8 Å². The van der Waals surface area contributed by atoms with Crippen molar-refractivity contribution >= 4 is 17.5 Å². The lowest BCUT2D eigenvalue weighted by Gasteiger charge is -2.08. The highest BCUT2D eigenvalue weighted by Gasteiger charge is 2.17. The fourth-order valence-electron chi connectivity index (χ4n) is 2.95. The van der Waals surface area contributed by atoms with Crippen molar-refractivity contribution in [3.05, 3.63) is 70.7 Å². The van der Waals surface area contributed by atoms with E-state index in [0.717, 1.165) is 16.8 Å². The molecular weight excluding hydrogens is 354 g/mol. The molecule has 0 aliphatic rings. The molecule has 0 spiro atoms. The predicted octanol–water partition coefficient (Wildman–Crippen LogP) is 2.77. The van der Waals surface area contributed by atoms with Gasteiger partial charge in [0.05, 0.1) is 18.2 Å². The van der Waals surface area contributed by atoms with Crippen molar-refractivity contribution in [2.24, 2.45) is 7.05 Å². The molecule has 0 saturated heterocycles. The molecule has 1 amide bonds. The largest absolute Gasteiger partial charge is 0.344 e. The van der Waals surface area contributed by atoms with E-state index in [-0.39, 0.29) is 24.7 Å². The zero-order chi connectivity index (χ0) is 20.3. The Morgan fingerprint density at radius 2 is 1.86 bits per heavy atom. The van der Waals surface area contributed by atoms with Gasteiger partial charge in [0, 0.05) is 30.1 Å². The highest BCUT2D eigenvalue weighted by molar-refractivity contribution is 6.08.